The summed E-state index contributed by atoms with van der Waals surface area (Å²) in [4.78, 5) is 0. The van der Waals surface area contributed by atoms with Gasteiger partial charge in [-0.25, -0.2) is 0 Å². The van der Waals surface area contributed by atoms with Crippen LogP contribution in [-0.4, -0.2) is 5.11 Å². The molecule has 0 heterocycles. The largest absolute Gasteiger partial charge is 0.508 e. The van der Waals surface area contributed by atoms with Crippen molar-refractivity contribution >= 4 is 23.2 Å². The topological polar surface area (TPSA) is 20.2 Å². The van der Waals surface area contributed by atoms with Crippen molar-refractivity contribution in [3.05, 3.63) is 52.5 Å². The Labute approximate surface area is 97.9 Å². The molecule has 0 spiro atoms. The van der Waals surface area contributed by atoms with Crippen molar-refractivity contribution in [2.24, 2.45) is 0 Å². The van der Waals surface area contributed by atoms with Gasteiger partial charge in [0.15, 0.2) is 0 Å². The van der Waals surface area contributed by atoms with E-state index in [1.165, 1.54) is 6.07 Å². The normalized spacial score (nSPS) is 9.73. The highest BCUT2D eigenvalue weighted by Gasteiger charge is 2.04. The summed E-state index contributed by atoms with van der Waals surface area (Å²) in [5, 5.41) is 10.4. The lowest BCUT2D eigenvalue weighted by molar-refractivity contribution is 0.475. The molecule has 1 N–H and O–H groups in total. The molecule has 0 radical (unpaired) electrons. The van der Waals surface area contributed by atoms with E-state index in [0.29, 0.717) is 15.6 Å². The van der Waals surface area contributed by atoms with E-state index in [9.17, 15) is 5.11 Å². The third kappa shape index (κ3) is 2.18. The summed E-state index contributed by atoms with van der Waals surface area (Å²) < 4.78 is 0. The van der Waals surface area contributed by atoms with Gasteiger partial charge >= 0.3 is 0 Å². The maximum absolute atomic E-state index is 9.34. The molecule has 0 aromatic heterocycles. The molecule has 2 aromatic carbocycles. The van der Waals surface area contributed by atoms with Crippen LogP contribution in [0.15, 0.2) is 30.3 Å². The summed E-state index contributed by atoms with van der Waals surface area (Å²) in [6.07, 6.45) is 0. The van der Waals surface area contributed by atoms with Crippen molar-refractivity contribution in [2.45, 2.75) is 0 Å². The number of halogens is 2. The maximum Gasteiger partial charge on any atom is 0.116 e. The Kier molecular flexibility index (Phi) is 2.73. The summed E-state index contributed by atoms with van der Waals surface area (Å²) in [6.45, 7) is 0. The van der Waals surface area contributed by atoms with Crippen molar-refractivity contribution < 1.29 is 5.11 Å². The number of aromatic hydroxyl groups is 1. The molecule has 3 heteroatoms. The zero-order valence-corrected chi connectivity index (χ0v) is 9.10. The molecule has 74 valence electrons. The lowest BCUT2D eigenvalue weighted by Crippen LogP contribution is -1.78. The van der Waals surface area contributed by atoms with Gasteiger partial charge in [0.2, 0.25) is 0 Å². The zero-order chi connectivity index (χ0) is 10.8. The molecule has 2 aromatic rings. The molecular weight excluding hydrogens is 231 g/mol. The Hall–Kier alpha value is -1.36. The van der Waals surface area contributed by atoms with E-state index in [0.717, 1.165) is 5.56 Å². The molecule has 15 heavy (non-hydrogen) atoms. The first-order valence-corrected chi connectivity index (χ1v) is 5.01. The van der Waals surface area contributed by atoms with Crippen LogP contribution in [0.2, 0.25) is 10.0 Å². The van der Waals surface area contributed by atoms with Gasteiger partial charge in [-0.15, -0.1) is 0 Å². The van der Waals surface area contributed by atoms with E-state index < -0.39 is 0 Å². The molecule has 0 fully saturated rings. The van der Waals surface area contributed by atoms with E-state index in [2.05, 4.69) is 12.1 Å². The second-order valence-corrected chi connectivity index (χ2v) is 3.82. The molecule has 0 aliphatic rings. The number of phenols is 1. The molecule has 2 rings (SSSR count). The molecular formula is C12H6Cl2O. The zero-order valence-electron chi connectivity index (χ0n) is 7.59. The molecule has 0 amide bonds. The molecule has 0 bridgehead atoms. The van der Waals surface area contributed by atoms with Gasteiger partial charge in [-0.2, -0.15) is 0 Å². The number of hydrogen-bond donors (Lipinski definition) is 1. The lowest BCUT2D eigenvalue weighted by atomic mass is 10.1. The Morgan fingerprint density at radius 2 is 1.80 bits per heavy atom. The van der Waals surface area contributed by atoms with Gasteiger partial charge < -0.3 is 5.11 Å². The number of hydrogen-bond acceptors (Lipinski definition) is 1. The van der Waals surface area contributed by atoms with E-state index in [4.69, 9.17) is 23.2 Å². The third-order valence-electron chi connectivity index (χ3n) is 1.95. The van der Waals surface area contributed by atoms with Crippen molar-refractivity contribution in [3.63, 3.8) is 0 Å². The molecule has 0 aliphatic carbocycles. The van der Waals surface area contributed by atoms with Crippen LogP contribution in [0.4, 0.5) is 0 Å². The van der Waals surface area contributed by atoms with Crippen LogP contribution in [0.5, 0.6) is 5.75 Å². The fourth-order valence-corrected chi connectivity index (χ4v) is 1.57. The van der Waals surface area contributed by atoms with Crippen molar-refractivity contribution in [1.29, 1.82) is 0 Å². The standard InChI is InChI=1S/C12H6Cl2O/c13-9-3-1-8(2-4-9)11-7-10(15)5-6-12(11)14/h1,3,5-7,15H. The minimum atomic E-state index is 0.165. The average molecular weight is 237 g/mol. The monoisotopic (exact) mass is 236 g/mol. The van der Waals surface area contributed by atoms with Crippen molar-refractivity contribution in [2.75, 3.05) is 0 Å². The minimum Gasteiger partial charge on any atom is -0.508 e. The predicted octanol–water partition coefficient (Wildman–Crippen LogP) is 3.97. The van der Waals surface area contributed by atoms with Gasteiger partial charge in [0.25, 0.3) is 0 Å². The quantitative estimate of drug-likeness (QED) is 0.795. The Morgan fingerprint density at radius 3 is 2.47 bits per heavy atom. The van der Waals surface area contributed by atoms with Crippen LogP contribution in [0.3, 0.4) is 0 Å². The number of rotatable bonds is 1. The number of benzene rings is 1. The van der Waals surface area contributed by atoms with Crippen LogP contribution >= 0.6 is 23.2 Å². The SMILES string of the molecule is Oc1ccc(Cl)c(-c2c#cc(Cl)cc2)c1. The first-order valence-electron chi connectivity index (χ1n) is 4.25. The fraction of sp³-hybridized carbons (Fsp3) is 0. The average Bonchev–Trinajstić information content (AvgIpc) is 2.23. The molecule has 0 unspecified atom stereocenters. The van der Waals surface area contributed by atoms with Crippen LogP contribution < -0.4 is 0 Å². The first kappa shape index (κ1) is 10.2. The molecule has 0 atom stereocenters. The smallest absolute Gasteiger partial charge is 0.116 e. The fourth-order valence-electron chi connectivity index (χ4n) is 1.24. The highest BCUT2D eigenvalue weighted by molar-refractivity contribution is 6.33. The Balaban J connectivity index is 2.53. The van der Waals surface area contributed by atoms with E-state index in [1.807, 2.05) is 0 Å². The highest BCUT2D eigenvalue weighted by Crippen LogP contribution is 2.30. The van der Waals surface area contributed by atoms with Crippen LogP contribution in [0.1, 0.15) is 0 Å². The first-order chi connectivity index (χ1) is 7.16. The summed E-state index contributed by atoms with van der Waals surface area (Å²) in [7, 11) is 0. The van der Waals surface area contributed by atoms with E-state index in [-0.39, 0.29) is 5.75 Å². The summed E-state index contributed by atoms with van der Waals surface area (Å²) in [6, 6.07) is 13.8. The minimum absolute atomic E-state index is 0.165. The van der Waals surface area contributed by atoms with E-state index in [1.54, 1.807) is 24.3 Å². The summed E-state index contributed by atoms with van der Waals surface area (Å²) in [5.41, 5.74) is 1.46. The van der Waals surface area contributed by atoms with Gasteiger partial charge in [0.05, 0.1) is 5.02 Å². The van der Waals surface area contributed by atoms with Crippen molar-refractivity contribution in [1.82, 2.24) is 0 Å². The number of phenolic OH excluding ortho intramolecular Hbond substituents is 1. The van der Waals surface area contributed by atoms with Crippen molar-refractivity contribution in [3.8, 4) is 16.9 Å². The van der Waals surface area contributed by atoms with Gasteiger partial charge in [0, 0.05) is 16.1 Å². The third-order valence-corrected chi connectivity index (χ3v) is 2.50. The maximum atomic E-state index is 9.34. The van der Waals surface area contributed by atoms with Gasteiger partial charge in [0.1, 0.15) is 5.75 Å². The van der Waals surface area contributed by atoms with Gasteiger partial charge in [-0.05, 0) is 36.4 Å². The lowest BCUT2D eigenvalue weighted by Gasteiger charge is -2.02. The highest BCUT2D eigenvalue weighted by atomic mass is 35.5. The summed E-state index contributed by atoms with van der Waals surface area (Å²) in [5.74, 6) is 0.165. The van der Waals surface area contributed by atoms with Crippen LogP contribution in [0.25, 0.3) is 11.1 Å². The second kappa shape index (κ2) is 4.02. The van der Waals surface area contributed by atoms with Crippen LogP contribution in [-0.2, 0) is 0 Å². The van der Waals surface area contributed by atoms with Crippen LogP contribution in [0, 0.1) is 12.1 Å². The van der Waals surface area contributed by atoms with E-state index >= 15 is 0 Å². The Bertz CT molecular complexity index is 477. The molecule has 0 saturated carbocycles. The summed E-state index contributed by atoms with van der Waals surface area (Å²) >= 11 is 11.7. The molecule has 0 saturated heterocycles. The molecule has 1 nitrogen and oxygen atoms in total. The predicted molar refractivity (Wildman–Crippen MR) is 61.2 cm³/mol. The van der Waals surface area contributed by atoms with Gasteiger partial charge in [-0.1, -0.05) is 29.3 Å². The molecule has 0 aliphatic heterocycles. The second-order valence-electron chi connectivity index (χ2n) is 3.01. The van der Waals surface area contributed by atoms with Gasteiger partial charge in [-0.3, -0.25) is 0 Å². The Morgan fingerprint density at radius 1 is 1.00 bits per heavy atom.